The predicted octanol–water partition coefficient (Wildman–Crippen LogP) is 4.35. The molecule has 22 heavy (non-hydrogen) atoms. The highest BCUT2D eigenvalue weighted by Crippen LogP contribution is 2.23. The van der Waals surface area contributed by atoms with Gasteiger partial charge in [-0.3, -0.25) is 0 Å². The quantitative estimate of drug-likeness (QED) is 0.809. The minimum Gasteiger partial charge on any atom is -0.444 e. The molecular formula is C17H30N2O2S. The Morgan fingerprint density at radius 3 is 2.59 bits per heavy atom. The van der Waals surface area contributed by atoms with Crippen molar-refractivity contribution in [3.8, 4) is 0 Å². The monoisotopic (exact) mass is 326 g/mol. The van der Waals surface area contributed by atoms with Crippen LogP contribution in [-0.2, 0) is 4.74 Å². The first-order valence-corrected chi connectivity index (χ1v) is 8.88. The SMILES string of the molecule is CCCN(CCNC(C)c1sccc1C)C(=O)OC(C)(C)C. The average Bonchev–Trinajstić information content (AvgIpc) is 2.81. The number of amides is 1. The van der Waals surface area contributed by atoms with Gasteiger partial charge in [0.25, 0.3) is 0 Å². The van der Waals surface area contributed by atoms with Gasteiger partial charge in [0, 0.05) is 30.6 Å². The van der Waals surface area contributed by atoms with E-state index in [0.29, 0.717) is 12.6 Å². The molecule has 0 aromatic carbocycles. The van der Waals surface area contributed by atoms with Crippen molar-refractivity contribution in [2.45, 2.75) is 59.6 Å². The van der Waals surface area contributed by atoms with Gasteiger partial charge in [-0.15, -0.1) is 11.3 Å². The van der Waals surface area contributed by atoms with Crippen molar-refractivity contribution >= 4 is 17.4 Å². The fourth-order valence-corrected chi connectivity index (χ4v) is 3.19. The third-order valence-electron chi connectivity index (χ3n) is 3.27. The molecule has 0 spiro atoms. The second-order valence-corrected chi connectivity index (χ2v) is 7.56. The largest absolute Gasteiger partial charge is 0.444 e. The second-order valence-electron chi connectivity index (χ2n) is 6.61. The summed E-state index contributed by atoms with van der Waals surface area (Å²) in [5.74, 6) is 0. The molecule has 1 N–H and O–H groups in total. The van der Waals surface area contributed by atoms with Crippen molar-refractivity contribution in [3.63, 3.8) is 0 Å². The van der Waals surface area contributed by atoms with Crippen LogP contribution in [0, 0.1) is 6.92 Å². The molecule has 1 rings (SSSR count). The summed E-state index contributed by atoms with van der Waals surface area (Å²) in [5.41, 5.74) is 0.875. The van der Waals surface area contributed by atoms with E-state index in [-0.39, 0.29) is 6.09 Å². The van der Waals surface area contributed by atoms with Gasteiger partial charge >= 0.3 is 6.09 Å². The van der Waals surface area contributed by atoms with E-state index in [2.05, 4.69) is 37.5 Å². The molecule has 0 fully saturated rings. The first-order chi connectivity index (χ1) is 10.2. The number of carbonyl (C=O) groups is 1. The molecule has 0 aliphatic rings. The zero-order valence-corrected chi connectivity index (χ0v) is 15.5. The molecule has 5 heteroatoms. The van der Waals surface area contributed by atoms with Gasteiger partial charge in [-0.25, -0.2) is 4.79 Å². The summed E-state index contributed by atoms with van der Waals surface area (Å²) < 4.78 is 5.46. The van der Waals surface area contributed by atoms with E-state index in [1.54, 1.807) is 16.2 Å². The van der Waals surface area contributed by atoms with Gasteiger partial charge in [-0.05, 0) is 58.0 Å². The molecule has 126 valence electrons. The highest BCUT2D eigenvalue weighted by Gasteiger charge is 2.21. The van der Waals surface area contributed by atoms with Crippen LogP contribution in [0.3, 0.4) is 0 Å². The molecule has 1 aromatic rings. The maximum atomic E-state index is 12.2. The molecule has 1 heterocycles. The highest BCUT2D eigenvalue weighted by molar-refractivity contribution is 7.10. The summed E-state index contributed by atoms with van der Waals surface area (Å²) >= 11 is 1.77. The molecule has 4 nitrogen and oxygen atoms in total. The van der Waals surface area contributed by atoms with Crippen LogP contribution in [0.4, 0.5) is 4.79 Å². The van der Waals surface area contributed by atoms with Gasteiger partial charge in [0.1, 0.15) is 5.60 Å². The zero-order valence-electron chi connectivity index (χ0n) is 14.7. The van der Waals surface area contributed by atoms with Crippen molar-refractivity contribution in [2.75, 3.05) is 19.6 Å². The topological polar surface area (TPSA) is 41.6 Å². The summed E-state index contributed by atoms with van der Waals surface area (Å²) in [6, 6.07) is 2.45. The molecule has 0 aliphatic heterocycles. The number of thiophene rings is 1. The summed E-state index contributed by atoms with van der Waals surface area (Å²) in [4.78, 5) is 15.3. The van der Waals surface area contributed by atoms with Crippen molar-refractivity contribution < 1.29 is 9.53 Å². The Bertz CT molecular complexity index is 465. The Morgan fingerprint density at radius 2 is 2.09 bits per heavy atom. The number of nitrogens with zero attached hydrogens (tertiary/aromatic N) is 1. The van der Waals surface area contributed by atoms with Gasteiger partial charge in [-0.2, -0.15) is 0 Å². The lowest BCUT2D eigenvalue weighted by Crippen LogP contribution is -2.41. The lowest BCUT2D eigenvalue weighted by molar-refractivity contribution is 0.0251. The van der Waals surface area contributed by atoms with Crippen molar-refractivity contribution in [2.24, 2.45) is 0 Å². The molecule has 1 amide bonds. The molecule has 0 bridgehead atoms. The Balaban J connectivity index is 2.47. The van der Waals surface area contributed by atoms with Crippen LogP contribution >= 0.6 is 11.3 Å². The van der Waals surface area contributed by atoms with Gasteiger partial charge in [0.15, 0.2) is 0 Å². The summed E-state index contributed by atoms with van der Waals surface area (Å²) in [7, 11) is 0. The maximum Gasteiger partial charge on any atom is 0.410 e. The van der Waals surface area contributed by atoms with E-state index in [4.69, 9.17) is 4.74 Å². The lowest BCUT2D eigenvalue weighted by atomic mass is 10.2. The van der Waals surface area contributed by atoms with E-state index < -0.39 is 5.60 Å². The number of hydrogen-bond acceptors (Lipinski definition) is 4. The Hall–Kier alpha value is -1.07. The Labute approximate surface area is 138 Å². The fraction of sp³-hybridized carbons (Fsp3) is 0.706. The van der Waals surface area contributed by atoms with Gasteiger partial charge in [-0.1, -0.05) is 6.92 Å². The van der Waals surface area contributed by atoms with Crippen molar-refractivity contribution in [1.82, 2.24) is 10.2 Å². The first kappa shape index (κ1) is 19.0. The summed E-state index contributed by atoms with van der Waals surface area (Å²) in [6.45, 7) is 14.2. The maximum absolute atomic E-state index is 12.2. The predicted molar refractivity (Wildman–Crippen MR) is 93.6 cm³/mol. The van der Waals surface area contributed by atoms with Gasteiger partial charge in [0.2, 0.25) is 0 Å². The van der Waals surface area contributed by atoms with E-state index in [1.165, 1.54) is 10.4 Å². The van der Waals surface area contributed by atoms with Crippen molar-refractivity contribution in [1.29, 1.82) is 0 Å². The van der Waals surface area contributed by atoms with Crippen LogP contribution in [0.5, 0.6) is 0 Å². The van der Waals surface area contributed by atoms with Crippen LogP contribution in [0.15, 0.2) is 11.4 Å². The standard InChI is InChI=1S/C17H30N2O2S/c1-7-10-19(16(20)21-17(4,5)6)11-9-18-14(3)15-13(2)8-12-22-15/h8,12,14,18H,7,9-11H2,1-6H3. The molecule has 1 unspecified atom stereocenters. The third-order valence-corrected chi connectivity index (χ3v) is 4.47. The van der Waals surface area contributed by atoms with E-state index >= 15 is 0 Å². The molecular weight excluding hydrogens is 296 g/mol. The lowest BCUT2D eigenvalue weighted by Gasteiger charge is -2.27. The normalized spacial score (nSPS) is 13.0. The summed E-state index contributed by atoms with van der Waals surface area (Å²) in [5, 5.41) is 5.61. The van der Waals surface area contributed by atoms with Crippen LogP contribution in [0.1, 0.15) is 57.5 Å². The smallest absolute Gasteiger partial charge is 0.410 e. The fourth-order valence-electron chi connectivity index (χ4n) is 2.23. The van der Waals surface area contributed by atoms with Crippen LogP contribution < -0.4 is 5.32 Å². The third kappa shape index (κ3) is 6.36. The molecule has 0 radical (unpaired) electrons. The first-order valence-electron chi connectivity index (χ1n) is 8.00. The number of nitrogens with one attached hydrogen (secondary N) is 1. The number of aryl methyl sites for hydroxylation is 1. The number of rotatable bonds is 7. The van der Waals surface area contributed by atoms with Crippen LogP contribution in [0.25, 0.3) is 0 Å². The van der Waals surface area contributed by atoms with Gasteiger partial charge < -0.3 is 15.0 Å². The van der Waals surface area contributed by atoms with Crippen LogP contribution in [-0.4, -0.2) is 36.2 Å². The highest BCUT2D eigenvalue weighted by atomic mass is 32.1. The van der Waals surface area contributed by atoms with Crippen molar-refractivity contribution in [3.05, 3.63) is 21.9 Å². The number of hydrogen-bond donors (Lipinski definition) is 1. The molecule has 0 saturated carbocycles. The molecule has 0 saturated heterocycles. The molecule has 0 aliphatic carbocycles. The summed E-state index contributed by atoms with van der Waals surface area (Å²) in [6.07, 6.45) is 0.704. The minimum absolute atomic E-state index is 0.226. The molecule has 1 atom stereocenters. The number of carbonyl (C=O) groups excluding carboxylic acids is 1. The van der Waals surface area contributed by atoms with E-state index in [1.807, 2.05) is 20.8 Å². The average molecular weight is 327 g/mol. The second kappa shape index (κ2) is 8.53. The Morgan fingerprint density at radius 1 is 1.41 bits per heavy atom. The van der Waals surface area contributed by atoms with E-state index in [0.717, 1.165) is 19.5 Å². The van der Waals surface area contributed by atoms with Gasteiger partial charge in [0.05, 0.1) is 0 Å². The number of ether oxygens (including phenoxy) is 1. The van der Waals surface area contributed by atoms with Crippen LogP contribution in [0.2, 0.25) is 0 Å². The minimum atomic E-state index is -0.447. The zero-order chi connectivity index (χ0) is 16.8. The van der Waals surface area contributed by atoms with E-state index in [9.17, 15) is 4.79 Å². The molecule has 1 aromatic heterocycles. The Kier molecular flexibility index (Phi) is 7.36.